The second-order valence-electron chi connectivity index (χ2n) is 8.42. The zero-order chi connectivity index (χ0) is 20.6. The van der Waals surface area contributed by atoms with Crippen molar-refractivity contribution in [3.8, 4) is 0 Å². The molecule has 0 aromatic heterocycles. The molecule has 160 valence electrons. The molecule has 1 unspecified atom stereocenters. The van der Waals surface area contributed by atoms with Crippen molar-refractivity contribution in [3.63, 3.8) is 0 Å². The van der Waals surface area contributed by atoms with Crippen molar-refractivity contribution in [2.75, 3.05) is 37.6 Å². The van der Waals surface area contributed by atoms with Gasteiger partial charge in [-0.25, -0.2) is 8.42 Å². The third-order valence-electron chi connectivity index (χ3n) is 6.37. The summed E-state index contributed by atoms with van der Waals surface area (Å²) in [5.41, 5.74) is 0.725. The van der Waals surface area contributed by atoms with Crippen LogP contribution >= 0.6 is 11.8 Å². The maximum Gasteiger partial charge on any atom is 0.243 e. The number of carbonyl (C=O) groups is 1. The molecule has 1 aromatic rings. The smallest absolute Gasteiger partial charge is 0.243 e. The summed E-state index contributed by atoms with van der Waals surface area (Å²) >= 11 is 1.70. The molecule has 6 nitrogen and oxygen atoms in total. The van der Waals surface area contributed by atoms with Crippen molar-refractivity contribution in [3.05, 3.63) is 18.2 Å². The number of rotatable bonds is 3. The number of thioether (sulfide) groups is 1. The quantitative estimate of drug-likeness (QED) is 0.727. The first-order valence-corrected chi connectivity index (χ1v) is 13.0. The molecule has 4 rings (SSSR count). The number of hydrogen-bond donors (Lipinski definition) is 0. The van der Waals surface area contributed by atoms with E-state index in [2.05, 4.69) is 11.8 Å². The van der Waals surface area contributed by atoms with E-state index in [0.717, 1.165) is 23.7 Å². The van der Waals surface area contributed by atoms with Crippen molar-refractivity contribution in [1.82, 2.24) is 9.21 Å². The van der Waals surface area contributed by atoms with Gasteiger partial charge in [0.1, 0.15) is 0 Å². The van der Waals surface area contributed by atoms with Gasteiger partial charge in [0.15, 0.2) is 0 Å². The summed E-state index contributed by atoms with van der Waals surface area (Å²) < 4.78 is 28.2. The molecule has 0 radical (unpaired) electrons. The number of anilines is 1. The Kier molecular flexibility index (Phi) is 6.25. The van der Waals surface area contributed by atoms with Gasteiger partial charge < -0.3 is 4.90 Å². The van der Waals surface area contributed by atoms with Gasteiger partial charge in [0.2, 0.25) is 15.9 Å². The van der Waals surface area contributed by atoms with Gasteiger partial charge in [-0.3, -0.25) is 9.69 Å². The number of sulfonamides is 1. The molecule has 1 aliphatic carbocycles. The van der Waals surface area contributed by atoms with Crippen LogP contribution < -0.4 is 4.90 Å². The Morgan fingerprint density at radius 2 is 1.76 bits per heavy atom. The zero-order valence-corrected chi connectivity index (χ0v) is 19.0. The summed E-state index contributed by atoms with van der Waals surface area (Å²) in [6, 6.07) is 5.88. The minimum absolute atomic E-state index is 0.0472. The van der Waals surface area contributed by atoms with Crippen LogP contribution in [0.4, 0.5) is 5.69 Å². The van der Waals surface area contributed by atoms with E-state index < -0.39 is 10.0 Å². The van der Waals surface area contributed by atoms with Gasteiger partial charge in [-0.05, 0) is 31.0 Å². The lowest BCUT2D eigenvalue weighted by atomic mass is 9.94. The minimum atomic E-state index is -3.55. The van der Waals surface area contributed by atoms with E-state index in [0.29, 0.717) is 35.8 Å². The summed E-state index contributed by atoms with van der Waals surface area (Å²) in [5.74, 6) is -0.0472. The predicted octanol–water partition coefficient (Wildman–Crippen LogP) is 3.17. The standard InChI is InChI=1S/C21H31N3O3S2/c1-16-15-24(17(2)25)20-14-19(8-9-21(20)28-16)29(26,27)23-12-10-22(11-13-23)18-6-4-3-5-7-18/h8-9,14,16,18H,3-7,10-13,15H2,1-2H3. The molecule has 2 heterocycles. The fourth-order valence-corrected chi connectivity index (χ4v) is 7.32. The van der Waals surface area contributed by atoms with Crippen LogP contribution in [-0.4, -0.2) is 67.5 Å². The van der Waals surface area contributed by atoms with Gasteiger partial charge >= 0.3 is 0 Å². The highest BCUT2D eigenvalue weighted by atomic mass is 32.2. The molecule has 1 saturated heterocycles. The van der Waals surface area contributed by atoms with Crippen molar-refractivity contribution < 1.29 is 13.2 Å². The van der Waals surface area contributed by atoms with E-state index >= 15 is 0 Å². The van der Waals surface area contributed by atoms with Gasteiger partial charge in [-0.1, -0.05) is 26.2 Å². The molecule has 2 aliphatic heterocycles. The minimum Gasteiger partial charge on any atom is -0.310 e. The summed E-state index contributed by atoms with van der Waals surface area (Å²) in [5, 5.41) is 0.293. The second-order valence-corrected chi connectivity index (χ2v) is 11.8. The Labute approximate surface area is 178 Å². The third-order valence-corrected chi connectivity index (χ3v) is 9.42. The molecule has 1 amide bonds. The van der Waals surface area contributed by atoms with Crippen molar-refractivity contribution in [2.24, 2.45) is 0 Å². The molecule has 1 atom stereocenters. The van der Waals surface area contributed by atoms with E-state index in [4.69, 9.17) is 0 Å². The zero-order valence-electron chi connectivity index (χ0n) is 17.3. The molecule has 1 saturated carbocycles. The molecule has 0 N–H and O–H groups in total. The fourth-order valence-electron chi connectivity index (χ4n) is 4.78. The lowest BCUT2D eigenvalue weighted by molar-refractivity contribution is -0.116. The maximum atomic E-state index is 13.3. The van der Waals surface area contributed by atoms with Crippen LogP contribution in [0.2, 0.25) is 0 Å². The van der Waals surface area contributed by atoms with Crippen molar-refractivity contribution in [2.45, 2.75) is 67.0 Å². The first-order valence-electron chi connectivity index (χ1n) is 10.7. The Morgan fingerprint density at radius 1 is 1.07 bits per heavy atom. The van der Waals surface area contributed by atoms with E-state index in [1.165, 1.54) is 39.0 Å². The Bertz CT molecular complexity index is 860. The van der Waals surface area contributed by atoms with Crippen LogP contribution in [0.5, 0.6) is 0 Å². The molecule has 0 bridgehead atoms. The largest absolute Gasteiger partial charge is 0.310 e. The summed E-state index contributed by atoms with van der Waals surface area (Å²) in [7, 11) is -3.55. The first-order chi connectivity index (χ1) is 13.9. The SMILES string of the molecule is CC(=O)N1CC(C)Sc2ccc(S(=O)(=O)N3CCN(C4CCCCC4)CC3)cc21. The number of hydrogen-bond acceptors (Lipinski definition) is 5. The lowest BCUT2D eigenvalue weighted by Gasteiger charge is -2.40. The van der Waals surface area contributed by atoms with Gasteiger partial charge in [-0.15, -0.1) is 11.8 Å². The van der Waals surface area contributed by atoms with Gasteiger partial charge in [0.05, 0.1) is 10.6 Å². The van der Waals surface area contributed by atoms with Crippen LogP contribution in [0.15, 0.2) is 28.0 Å². The summed E-state index contributed by atoms with van der Waals surface area (Å²) in [6.07, 6.45) is 6.41. The van der Waals surface area contributed by atoms with Crippen LogP contribution in [0.3, 0.4) is 0 Å². The van der Waals surface area contributed by atoms with Crippen molar-refractivity contribution >= 4 is 33.4 Å². The predicted molar refractivity (Wildman–Crippen MR) is 117 cm³/mol. The average molecular weight is 438 g/mol. The average Bonchev–Trinajstić information content (AvgIpc) is 2.73. The molecule has 2 fully saturated rings. The van der Waals surface area contributed by atoms with Crippen LogP contribution in [0.1, 0.15) is 46.0 Å². The van der Waals surface area contributed by atoms with Crippen molar-refractivity contribution in [1.29, 1.82) is 0 Å². The molecular weight excluding hydrogens is 406 g/mol. The normalized spacial score (nSPS) is 25.0. The topological polar surface area (TPSA) is 60.9 Å². The number of nitrogens with zero attached hydrogens (tertiary/aromatic N) is 3. The Hall–Kier alpha value is -1.09. The van der Waals surface area contributed by atoms with E-state index in [-0.39, 0.29) is 5.91 Å². The lowest BCUT2D eigenvalue weighted by Crippen LogP contribution is -2.52. The van der Waals surface area contributed by atoms with Crippen LogP contribution in [0, 0.1) is 0 Å². The molecule has 1 aromatic carbocycles. The van der Waals surface area contributed by atoms with Crippen LogP contribution in [-0.2, 0) is 14.8 Å². The van der Waals surface area contributed by atoms with Gasteiger partial charge in [-0.2, -0.15) is 4.31 Å². The molecule has 0 spiro atoms. The second kappa shape index (κ2) is 8.57. The molecular formula is C21H31N3O3S2. The number of fused-ring (bicyclic) bond motifs is 1. The first kappa shape index (κ1) is 21.2. The van der Waals surface area contributed by atoms with Gasteiger partial charge in [0.25, 0.3) is 0 Å². The highest BCUT2D eigenvalue weighted by molar-refractivity contribution is 8.00. The maximum absolute atomic E-state index is 13.3. The van der Waals surface area contributed by atoms with Crippen LogP contribution in [0.25, 0.3) is 0 Å². The highest BCUT2D eigenvalue weighted by Crippen LogP contribution is 2.40. The van der Waals surface area contributed by atoms with Gasteiger partial charge in [0, 0.05) is 55.8 Å². The number of benzene rings is 1. The molecule has 8 heteroatoms. The van der Waals surface area contributed by atoms with E-state index in [1.807, 2.05) is 6.07 Å². The fraction of sp³-hybridized carbons (Fsp3) is 0.667. The summed E-state index contributed by atoms with van der Waals surface area (Å²) in [6.45, 7) is 6.93. The highest BCUT2D eigenvalue weighted by Gasteiger charge is 2.33. The number of piperazine rings is 1. The Balaban J connectivity index is 1.51. The van der Waals surface area contributed by atoms with E-state index in [9.17, 15) is 13.2 Å². The van der Waals surface area contributed by atoms with E-state index in [1.54, 1.807) is 33.1 Å². The number of amides is 1. The number of carbonyl (C=O) groups excluding carboxylic acids is 1. The monoisotopic (exact) mass is 437 g/mol. The third kappa shape index (κ3) is 4.36. The molecule has 3 aliphatic rings. The Morgan fingerprint density at radius 3 is 2.41 bits per heavy atom. The molecule has 29 heavy (non-hydrogen) atoms. The summed E-state index contributed by atoms with van der Waals surface area (Å²) in [4.78, 5) is 17.6.